The fraction of sp³-hybridized carbons (Fsp3) is 0.568. The fourth-order valence-corrected chi connectivity index (χ4v) is 5.20. The minimum absolute atomic E-state index is 0.222. The average Bonchev–Trinajstić information content (AvgIpc) is 2.99. The van der Waals surface area contributed by atoms with Crippen molar-refractivity contribution < 1.29 is 4.79 Å². The van der Waals surface area contributed by atoms with Gasteiger partial charge in [0.25, 0.3) is 0 Å². The van der Waals surface area contributed by atoms with E-state index in [1.165, 1.54) is 85.6 Å². The van der Waals surface area contributed by atoms with Gasteiger partial charge in [0.2, 0.25) is 0 Å². The van der Waals surface area contributed by atoms with Crippen molar-refractivity contribution in [2.45, 2.75) is 153 Å². The van der Waals surface area contributed by atoms with Crippen LogP contribution in [0.2, 0.25) is 0 Å². The van der Waals surface area contributed by atoms with Crippen LogP contribution in [0, 0.1) is 30.6 Å². The van der Waals surface area contributed by atoms with Crippen molar-refractivity contribution in [3.05, 3.63) is 95.1 Å². The first kappa shape index (κ1) is 44.3. The first-order valence-corrected chi connectivity index (χ1v) is 17.4. The van der Waals surface area contributed by atoms with Gasteiger partial charge in [0, 0.05) is 6.42 Å². The molecule has 0 aliphatic heterocycles. The average molecular weight is 615 g/mol. The zero-order valence-corrected chi connectivity index (χ0v) is 31.3. The number of carbonyl (C=O) groups excluding carboxylic acids is 1. The van der Waals surface area contributed by atoms with Crippen molar-refractivity contribution in [1.82, 2.24) is 0 Å². The van der Waals surface area contributed by atoms with Crippen LogP contribution >= 0.6 is 0 Å². The molecule has 0 radical (unpaired) electrons. The summed E-state index contributed by atoms with van der Waals surface area (Å²) in [6.45, 7) is 29.9. The third kappa shape index (κ3) is 25.1. The van der Waals surface area contributed by atoms with E-state index in [4.69, 9.17) is 0 Å². The Hall–Kier alpha value is -2.85. The quantitative estimate of drug-likeness (QED) is 0.0984. The van der Waals surface area contributed by atoms with E-state index in [1.807, 2.05) is 12.1 Å². The Kier molecular flexibility index (Phi) is 24.9. The molecule has 45 heavy (non-hydrogen) atoms. The summed E-state index contributed by atoms with van der Waals surface area (Å²) in [4.78, 5) is 10.8. The summed E-state index contributed by atoms with van der Waals surface area (Å²) in [5.41, 5.74) is 9.13. The number of carbonyl (C=O) groups is 1. The first-order chi connectivity index (χ1) is 21.1. The number of rotatable bonds is 17. The fourth-order valence-electron chi connectivity index (χ4n) is 5.20. The van der Waals surface area contributed by atoms with Gasteiger partial charge in [0.15, 0.2) is 0 Å². The Bertz CT molecular complexity index is 1080. The maximum absolute atomic E-state index is 10.8. The minimum atomic E-state index is 0.222. The van der Waals surface area contributed by atoms with Crippen LogP contribution in [-0.4, -0.2) is 5.78 Å². The first-order valence-electron chi connectivity index (χ1n) is 17.4. The zero-order valence-electron chi connectivity index (χ0n) is 31.3. The van der Waals surface area contributed by atoms with Gasteiger partial charge >= 0.3 is 0 Å². The van der Waals surface area contributed by atoms with Gasteiger partial charge in [-0.15, -0.1) is 19.4 Å². The molecule has 0 saturated heterocycles. The van der Waals surface area contributed by atoms with Crippen molar-refractivity contribution in [2.75, 3.05) is 0 Å². The highest BCUT2D eigenvalue weighted by Gasteiger charge is 2.25. The summed E-state index contributed by atoms with van der Waals surface area (Å²) >= 11 is 0. The lowest BCUT2D eigenvalue weighted by atomic mass is 9.73. The molecule has 0 aromatic heterocycles. The van der Waals surface area contributed by atoms with Gasteiger partial charge < -0.3 is 0 Å². The lowest BCUT2D eigenvalue weighted by molar-refractivity contribution is -0.116. The van der Waals surface area contributed by atoms with Crippen molar-refractivity contribution in [1.29, 1.82) is 0 Å². The van der Waals surface area contributed by atoms with E-state index in [1.54, 1.807) is 6.92 Å². The summed E-state index contributed by atoms with van der Waals surface area (Å²) in [5.74, 6) is 0.222. The van der Waals surface area contributed by atoms with Crippen molar-refractivity contribution in [3.8, 4) is 12.8 Å². The summed E-state index contributed by atoms with van der Waals surface area (Å²) in [5, 5.41) is 0. The maximum Gasteiger partial charge on any atom is 0.134 e. The molecular formula is C44H70O. The molecule has 252 valence electrons. The molecule has 0 heterocycles. The Morgan fingerprint density at radius 1 is 0.733 bits per heavy atom. The molecule has 1 heteroatoms. The highest BCUT2D eigenvalue weighted by atomic mass is 16.1. The molecule has 2 rings (SSSR count). The number of allylic oxidation sites excluding steroid dienone is 2. The van der Waals surface area contributed by atoms with Crippen molar-refractivity contribution in [2.24, 2.45) is 10.8 Å². The molecule has 0 aliphatic rings. The van der Waals surface area contributed by atoms with Crippen LogP contribution < -0.4 is 0 Å². The molecule has 0 spiro atoms. The lowest BCUT2D eigenvalue weighted by Gasteiger charge is -2.32. The molecule has 0 unspecified atom stereocenters. The number of benzene rings is 2. The van der Waals surface area contributed by atoms with Crippen LogP contribution in [0.15, 0.2) is 72.8 Å². The summed E-state index contributed by atoms with van der Waals surface area (Å²) in [7, 11) is 0. The summed E-state index contributed by atoms with van der Waals surface area (Å²) in [6, 6.07) is 17.1. The van der Waals surface area contributed by atoms with E-state index in [0.717, 1.165) is 24.8 Å². The molecular weight excluding hydrogens is 544 g/mol. The Labute approximate surface area is 281 Å². The van der Waals surface area contributed by atoms with E-state index in [9.17, 15) is 4.79 Å². The van der Waals surface area contributed by atoms with E-state index < -0.39 is 0 Å². The Morgan fingerprint density at radius 2 is 1.24 bits per heavy atom. The van der Waals surface area contributed by atoms with Gasteiger partial charge in [-0.2, -0.15) is 0 Å². The Morgan fingerprint density at radius 3 is 1.71 bits per heavy atom. The van der Waals surface area contributed by atoms with E-state index in [-0.39, 0.29) is 5.78 Å². The number of aryl methyl sites for hydroxylation is 3. The predicted molar refractivity (Wildman–Crippen MR) is 204 cm³/mol. The van der Waals surface area contributed by atoms with Crippen LogP contribution in [0.25, 0.3) is 0 Å². The second-order valence-corrected chi connectivity index (χ2v) is 14.5. The molecule has 0 fully saturated rings. The van der Waals surface area contributed by atoms with Crippen molar-refractivity contribution in [3.63, 3.8) is 0 Å². The molecule has 2 aromatic rings. The number of unbranched alkanes of at least 4 members (excludes halogenated alkanes) is 1. The van der Waals surface area contributed by atoms with Crippen LogP contribution in [0.1, 0.15) is 149 Å². The van der Waals surface area contributed by atoms with E-state index in [2.05, 4.69) is 125 Å². The van der Waals surface area contributed by atoms with Gasteiger partial charge in [-0.25, -0.2) is 0 Å². The molecule has 0 atom stereocenters. The molecule has 0 bridgehead atoms. The topological polar surface area (TPSA) is 17.1 Å². The maximum atomic E-state index is 10.8. The van der Waals surface area contributed by atoms with Gasteiger partial charge in [-0.3, -0.25) is 4.79 Å². The van der Waals surface area contributed by atoms with E-state index in [0.29, 0.717) is 17.3 Å². The van der Waals surface area contributed by atoms with Gasteiger partial charge in [-0.1, -0.05) is 134 Å². The number of ketones is 1. The monoisotopic (exact) mass is 615 g/mol. The highest BCUT2D eigenvalue weighted by Crippen LogP contribution is 2.38. The summed E-state index contributed by atoms with van der Waals surface area (Å²) < 4.78 is 0. The van der Waals surface area contributed by atoms with Crippen LogP contribution in [-0.2, 0) is 24.1 Å². The summed E-state index contributed by atoms with van der Waals surface area (Å²) in [6.07, 6.45) is 23.6. The standard InChI is InChI=1S/C26H42.C11H14O.C5H12.C2H2/c1-7-26(8-2,20-12-11-14-23(5)19-18-22(3)4)21-13-17-25-16-10-9-15-24(25)6;1-3-10-4-6-11(7-5-10)8-9(2)12;1-5(2,3)4;1-2/h9-10,15-16H,3,5,7-8,11-14,17-21H2,1-2,4,6H3;4-7H,3,8H2,1-2H3;1-4H3;1-2H. The van der Waals surface area contributed by atoms with Gasteiger partial charge in [0.05, 0.1) is 0 Å². The molecule has 1 nitrogen and oxygen atoms in total. The second kappa shape index (κ2) is 25.4. The molecule has 2 aromatic carbocycles. The van der Waals surface area contributed by atoms with Crippen LogP contribution in [0.4, 0.5) is 0 Å². The largest absolute Gasteiger partial charge is 0.300 e. The minimum Gasteiger partial charge on any atom is -0.300 e. The van der Waals surface area contributed by atoms with Crippen molar-refractivity contribution >= 4 is 5.78 Å². The number of hydrogen-bond donors (Lipinski definition) is 0. The Balaban J connectivity index is 0. The lowest BCUT2D eigenvalue weighted by Crippen LogP contribution is -2.19. The molecule has 0 saturated carbocycles. The van der Waals surface area contributed by atoms with Gasteiger partial charge in [0.1, 0.15) is 5.78 Å². The van der Waals surface area contributed by atoms with Crippen LogP contribution in [0.5, 0.6) is 0 Å². The third-order valence-electron chi connectivity index (χ3n) is 8.19. The molecule has 0 N–H and O–H groups in total. The SMILES string of the molecule is C#C.C=C(C)CCC(=C)CCCCC(CC)(CC)CCCc1ccccc1C.CC(C)(C)C.CCc1ccc(CC(C)=O)cc1. The van der Waals surface area contributed by atoms with Crippen LogP contribution in [0.3, 0.4) is 0 Å². The third-order valence-corrected chi connectivity index (χ3v) is 8.19. The number of Topliss-reactive ketones (excluding diaryl/α,β-unsaturated/α-hetero) is 1. The molecule has 0 aliphatic carbocycles. The number of hydrogen-bond acceptors (Lipinski definition) is 1. The van der Waals surface area contributed by atoms with E-state index >= 15 is 0 Å². The highest BCUT2D eigenvalue weighted by molar-refractivity contribution is 5.78. The molecule has 0 amide bonds. The predicted octanol–water partition coefficient (Wildman–Crippen LogP) is 13.3. The zero-order chi connectivity index (χ0) is 34.9. The number of terminal acetylenes is 1. The second-order valence-electron chi connectivity index (χ2n) is 14.5. The smallest absolute Gasteiger partial charge is 0.134 e. The normalized spacial score (nSPS) is 10.7. The van der Waals surface area contributed by atoms with Gasteiger partial charge in [-0.05, 0) is 112 Å².